The molecule has 4 rings (SSSR count). The second kappa shape index (κ2) is 7.71. The van der Waals surface area contributed by atoms with E-state index in [1.165, 1.54) is 29.4 Å². The van der Waals surface area contributed by atoms with Gasteiger partial charge in [0.25, 0.3) is 0 Å². The van der Waals surface area contributed by atoms with E-state index in [-0.39, 0.29) is 0 Å². The molecule has 2 heterocycles. The average Bonchev–Trinajstić information content (AvgIpc) is 3.26. The molecule has 0 spiro atoms. The van der Waals surface area contributed by atoms with Crippen LogP contribution in [0.3, 0.4) is 0 Å². The van der Waals surface area contributed by atoms with Gasteiger partial charge in [-0.1, -0.05) is 12.1 Å². The minimum Gasteiger partial charge on any atom is -0.383 e. The van der Waals surface area contributed by atoms with Gasteiger partial charge >= 0.3 is 0 Å². The molecule has 0 amide bonds. The summed E-state index contributed by atoms with van der Waals surface area (Å²) in [5, 5.41) is 3.25. The van der Waals surface area contributed by atoms with Gasteiger partial charge in [-0.15, -0.1) is 11.3 Å². The molecule has 0 bridgehead atoms. The molecule has 1 aliphatic rings. The summed E-state index contributed by atoms with van der Waals surface area (Å²) < 4.78 is 0. The first-order valence-corrected chi connectivity index (χ1v) is 10.3. The number of rotatable bonds is 4. The molecule has 2 aromatic heterocycles. The van der Waals surface area contributed by atoms with Crippen LogP contribution < -0.4 is 5.73 Å². The van der Waals surface area contributed by atoms with Crippen molar-refractivity contribution in [3.63, 3.8) is 0 Å². The zero-order chi connectivity index (χ0) is 18.8. The zero-order valence-electron chi connectivity index (χ0n) is 15.9. The predicted molar refractivity (Wildman–Crippen MR) is 117 cm³/mol. The molecule has 1 unspecified atom stereocenters. The van der Waals surface area contributed by atoms with Gasteiger partial charge in [0.2, 0.25) is 0 Å². The highest BCUT2D eigenvalue weighted by atomic mass is 32.1. The van der Waals surface area contributed by atoms with Crippen LogP contribution in [0.5, 0.6) is 0 Å². The summed E-state index contributed by atoms with van der Waals surface area (Å²) in [6.45, 7) is 0. The summed E-state index contributed by atoms with van der Waals surface area (Å²) in [5.41, 5.74) is 11.0. The molecular weight excluding hydrogens is 352 g/mol. The highest BCUT2D eigenvalue weighted by molar-refractivity contribution is 7.12. The van der Waals surface area contributed by atoms with Gasteiger partial charge in [-0.05, 0) is 75.0 Å². The SMILES string of the molecule is CN(C)C1CCC=C(c2c[nH]c3ccc(N=C(N)c4cccs4)cc23)CC1. The third-order valence-electron chi connectivity index (χ3n) is 5.40. The van der Waals surface area contributed by atoms with E-state index in [2.05, 4.69) is 53.4 Å². The number of hydrogen-bond acceptors (Lipinski definition) is 3. The molecule has 3 N–H and O–H groups in total. The number of amidine groups is 1. The standard InChI is InChI=1S/C22H26N4S/c1-26(2)17-6-3-5-15(8-10-17)19-14-24-20-11-9-16(13-18(19)20)25-22(23)21-7-4-12-27-21/h4-5,7,9,11-14,17,24H,3,6,8,10H2,1-2H3,(H2,23,25). The number of nitrogens with two attached hydrogens (primary N) is 1. The highest BCUT2D eigenvalue weighted by Crippen LogP contribution is 2.34. The Bertz CT molecular complexity index is 979. The number of aromatic amines is 1. The fourth-order valence-corrected chi connectivity index (χ4v) is 4.47. The van der Waals surface area contributed by atoms with Crippen molar-refractivity contribution in [3.05, 3.63) is 58.4 Å². The maximum atomic E-state index is 6.17. The van der Waals surface area contributed by atoms with Crippen molar-refractivity contribution in [1.29, 1.82) is 0 Å². The summed E-state index contributed by atoms with van der Waals surface area (Å²) in [5.74, 6) is 0.573. The van der Waals surface area contributed by atoms with Crippen LogP contribution in [0.1, 0.15) is 36.1 Å². The molecule has 5 heteroatoms. The van der Waals surface area contributed by atoms with Crippen molar-refractivity contribution >= 4 is 39.3 Å². The van der Waals surface area contributed by atoms with Gasteiger partial charge in [0.15, 0.2) is 0 Å². The Kier molecular flexibility index (Phi) is 5.14. The lowest BCUT2D eigenvalue weighted by Gasteiger charge is -2.22. The Morgan fingerprint density at radius 1 is 1.26 bits per heavy atom. The van der Waals surface area contributed by atoms with E-state index < -0.39 is 0 Å². The molecule has 3 aromatic rings. The van der Waals surface area contributed by atoms with Gasteiger partial charge in [-0.2, -0.15) is 0 Å². The molecule has 1 aliphatic carbocycles. The molecule has 0 fully saturated rings. The van der Waals surface area contributed by atoms with Gasteiger partial charge in [-0.25, -0.2) is 4.99 Å². The number of allylic oxidation sites excluding steroid dienone is 2. The molecule has 4 nitrogen and oxygen atoms in total. The van der Waals surface area contributed by atoms with E-state index in [4.69, 9.17) is 5.73 Å². The van der Waals surface area contributed by atoms with Crippen LogP contribution >= 0.6 is 11.3 Å². The minimum atomic E-state index is 0.573. The van der Waals surface area contributed by atoms with Crippen LogP contribution in [0.25, 0.3) is 16.5 Å². The number of thiophene rings is 1. The summed E-state index contributed by atoms with van der Waals surface area (Å²) >= 11 is 1.61. The maximum Gasteiger partial charge on any atom is 0.141 e. The maximum absolute atomic E-state index is 6.17. The molecule has 0 aliphatic heterocycles. The normalized spacial score (nSPS) is 18.7. The van der Waals surface area contributed by atoms with E-state index in [9.17, 15) is 0 Å². The number of H-pyrrole nitrogens is 1. The smallest absolute Gasteiger partial charge is 0.141 e. The van der Waals surface area contributed by atoms with Gasteiger partial charge < -0.3 is 15.6 Å². The van der Waals surface area contributed by atoms with Crippen LogP contribution in [0, 0.1) is 0 Å². The van der Waals surface area contributed by atoms with Crippen molar-refractivity contribution in [3.8, 4) is 0 Å². The number of benzene rings is 1. The Morgan fingerprint density at radius 2 is 2.15 bits per heavy atom. The van der Waals surface area contributed by atoms with E-state index in [0.29, 0.717) is 11.9 Å². The fourth-order valence-electron chi connectivity index (χ4n) is 3.84. The van der Waals surface area contributed by atoms with Crippen LogP contribution in [0.4, 0.5) is 5.69 Å². The third kappa shape index (κ3) is 3.84. The molecular formula is C22H26N4S. The predicted octanol–water partition coefficient (Wildman–Crippen LogP) is 5.15. The Labute approximate surface area is 164 Å². The van der Waals surface area contributed by atoms with Gasteiger partial charge in [0.05, 0.1) is 10.6 Å². The highest BCUT2D eigenvalue weighted by Gasteiger charge is 2.17. The number of nitrogens with one attached hydrogen (secondary N) is 1. The van der Waals surface area contributed by atoms with Crippen LogP contribution in [-0.2, 0) is 0 Å². The van der Waals surface area contributed by atoms with Crippen molar-refractivity contribution in [2.45, 2.75) is 31.7 Å². The summed E-state index contributed by atoms with van der Waals surface area (Å²) in [6, 6.07) is 10.9. The lowest BCUT2D eigenvalue weighted by atomic mass is 9.99. The first kappa shape index (κ1) is 18.0. The second-order valence-electron chi connectivity index (χ2n) is 7.37. The quantitative estimate of drug-likeness (QED) is 0.487. The summed E-state index contributed by atoms with van der Waals surface area (Å²) in [7, 11) is 4.37. The lowest BCUT2D eigenvalue weighted by molar-refractivity contribution is 0.270. The third-order valence-corrected chi connectivity index (χ3v) is 6.29. The minimum absolute atomic E-state index is 0.573. The monoisotopic (exact) mass is 378 g/mol. The molecule has 0 saturated heterocycles. The Hall–Kier alpha value is -2.37. The first-order chi connectivity index (χ1) is 13.1. The van der Waals surface area contributed by atoms with Crippen molar-refractivity contribution < 1.29 is 0 Å². The fraction of sp³-hybridized carbons (Fsp3) is 0.318. The van der Waals surface area contributed by atoms with Gasteiger partial charge in [0.1, 0.15) is 5.84 Å². The van der Waals surface area contributed by atoms with Gasteiger partial charge in [0, 0.05) is 28.7 Å². The first-order valence-electron chi connectivity index (χ1n) is 9.47. The second-order valence-corrected chi connectivity index (χ2v) is 8.32. The number of hydrogen-bond donors (Lipinski definition) is 2. The molecule has 0 saturated carbocycles. The van der Waals surface area contributed by atoms with E-state index in [1.807, 2.05) is 23.6 Å². The molecule has 27 heavy (non-hydrogen) atoms. The van der Waals surface area contributed by atoms with Crippen LogP contribution in [0.2, 0.25) is 0 Å². The van der Waals surface area contributed by atoms with Crippen molar-refractivity contribution in [1.82, 2.24) is 9.88 Å². The van der Waals surface area contributed by atoms with Gasteiger partial charge in [-0.3, -0.25) is 0 Å². The number of aliphatic imine (C=N–C) groups is 1. The summed E-state index contributed by atoms with van der Waals surface area (Å²) in [6.07, 6.45) is 9.24. The molecule has 1 aromatic carbocycles. The van der Waals surface area contributed by atoms with Crippen LogP contribution in [0.15, 0.2) is 53.0 Å². The van der Waals surface area contributed by atoms with Crippen LogP contribution in [-0.4, -0.2) is 35.9 Å². The van der Waals surface area contributed by atoms with E-state index >= 15 is 0 Å². The molecule has 140 valence electrons. The number of nitrogens with zero attached hydrogens (tertiary/aromatic N) is 2. The molecule has 1 atom stereocenters. The Balaban J connectivity index is 1.65. The van der Waals surface area contributed by atoms with Crippen molar-refractivity contribution in [2.75, 3.05) is 14.1 Å². The lowest BCUT2D eigenvalue weighted by Crippen LogP contribution is -2.27. The Morgan fingerprint density at radius 3 is 2.93 bits per heavy atom. The number of aromatic nitrogens is 1. The summed E-state index contributed by atoms with van der Waals surface area (Å²) in [4.78, 5) is 11.4. The van der Waals surface area contributed by atoms with E-state index in [0.717, 1.165) is 28.9 Å². The van der Waals surface area contributed by atoms with Crippen molar-refractivity contribution in [2.24, 2.45) is 10.7 Å². The zero-order valence-corrected chi connectivity index (χ0v) is 16.7. The topological polar surface area (TPSA) is 57.4 Å². The van der Waals surface area contributed by atoms with E-state index in [1.54, 1.807) is 11.3 Å². The number of fused-ring (bicyclic) bond motifs is 1. The average molecular weight is 379 g/mol. The largest absolute Gasteiger partial charge is 0.383 e. The molecule has 0 radical (unpaired) electrons.